The van der Waals surface area contributed by atoms with E-state index in [0.717, 1.165) is 28.0 Å². The Balaban J connectivity index is 1.19. The number of hydrogen-bond acceptors (Lipinski definition) is 14. The molecule has 0 bridgehead atoms. The third-order valence-electron chi connectivity index (χ3n) is 10.1. The number of benzene rings is 3. The van der Waals surface area contributed by atoms with Crippen LogP contribution < -0.4 is 21.3 Å². The standard InChI is InChI=1S/C41H38ClN9O9S3/c1-2-49-18-19-50(34(56)33(49)55)39(59)45-29(24-12-6-3-7-13-24)32(54)46-41(43-23-52)36(58)51-30(35(57)60-31(25-14-8-4-9-15-25)26-16-10-5-11-17-26)27(21-61-37(41)51)22-62-40-48-47-38(63-40)44-28(53)20-42/h3-17,23,29,31,37H,2,18-22H2,1H3,(H,43,52)(H,45,59)(H,46,54)(H,44,47,53)/t29?,37-,41+/m0/s1. The van der Waals surface area contributed by atoms with Crippen molar-refractivity contribution in [1.29, 1.82) is 0 Å². The molecule has 0 saturated carbocycles. The molecule has 2 saturated heterocycles. The minimum atomic E-state index is -2.13. The van der Waals surface area contributed by atoms with Crippen molar-refractivity contribution >= 4 is 99.5 Å². The summed E-state index contributed by atoms with van der Waals surface area (Å²) in [4.78, 5) is 110. The molecule has 4 heterocycles. The van der Waals surface area contributed by atoms with Crippen molar-refractivity contribution in [3.8, 4) is 0 Å². The molecule has 1 unspecified atom stereocenters. The van der Waals surface area contributed by atoms with Gasteiger partial charge in [-0.05, 0) is 29.2 Å². The molecule has 2 fully saturated rings. The number of aromatic nitrogens is 2. The van der Waals surface area contributed by atoms with E-state index in [1.165, 1.54) is 16.7 Å². The molecular weight excluding hydrogens is 894 g/mol. The zero-order valence-electron chi connectivity index (χ0n) is 33.2. The van der Waals surface area contributed by atoms with Gasteiger partial charge in [-0.2, -0.15) is 0 Å². The number of piperazine rings is 1. The Bertz CT molecular complexity index is 2410. The van der Waals surface area contributed by atoms with E-state index in [4.69, 9.17) is 16.3 Å². The highest BCUT2D eigenvalue weighted by Crippen LogP contribution is 2.47. The normalized spacial score (nSPS) is 18.9. The average Bonchev–Trinajstić information content (AvgIpc) is 3.76. The summed E-state index contributed by atoms with van der Waals surface area (Å²) in [7, 11) is 0. The summed E-state index contributed by atoms with van der Waals surface area (Å²) in [6, 6.07) is 23.5. The van der Waals surface area contributed by atoms with E-state index >= 15 is 0 Å². The maximum atomic E-state index is 14.7. The number of amides is 8. The third kappa shape index (κ3) is 9.41. The number of β-lactam (4-membered cyclic amide) rings is 1. The van der Waals surface area contributed by atoms with Crippen LogP contribution in [0.1, 0.15) is 35.8 Å². The summed E-state index contributed by atoms with van der Waals surface area (Å²) in [6.07, 6.45) is -0.657. The smallest absolute Gasteiger partial charge is 0.356 e. The lowest BCUT2D eigenvalue weighted by Crippen LogP contribution is -2.85. The van der Waals surface area contributed by atoms with Crippen molar-refractivity contribution in [2.24, 2.45) is 0 Å². The average molecular weight is 932 g/mol. The van der Waals surface area contributed by atoms with Crippen LogP contribution in [0.15, 0.2) is 107 Å². The number of ether oxygens (including phenoxy) is 1. The zero-order chi connectivity index (χ0) is 44.7. The van der Waals surface area contributed by atoms with Crippen LogP contribution in [-0.2, 0) is 38.3 Å². The first-order valence-electron chi connectivity index (χ1n) is 19.3. The zero-order valence-corrected chi connectivity index (χ0v) is 36.4. The summed E-state index contributed by atoms with van der Waals surface area (Å²) >= 11 is 9.04. The molecule has 0 aliphatic carbocycles. The summed E-state index contributed by atoms with van der Waals surface area (Å²) in [5, 5.41) is 17.4. The van der Waals surface area contributed by atoms with Gasteiger partial charge in [0.05, 0.1) is 0 Å². The molecule has 3 aromatic carbocycles. The predicted molar refractivity (Wildman–Crippen MR) is 233 cm³/mol. The van der Waals surface area contributed by atoms with Crippen molar-refractivity contribution in [2.45, 2.75) is 34.4 Å². The third-order valence-corrected chi connectivity index (χ3v) is 13.8. The number of anilines is 1. The van der Waals surface area contributed by atoms with Crippen LogP contribution in [0, 0.1) is 0 Å². The second-order valence-corrected chi connectivity index (χ2v) is 17.5. The lowest BCUT2D eigenvalue weighted by Gasteiger charge is -2.56. The van der Waals surface area contributed by atoms with Gasteiger partial charge in [0.25, 0.3) is 5.91 Å². The molecule has 0 radical (unpaired) electrons. The molecule has 326 valence electrons. The molecule has 8 amide bonds. The molecule has 1 aromatic heterocycles. The van der Waals surface area contributed by atoms with Gasteiger partial charge in [0.15, 0.2) is 10.4 Å². The number of rotatable bonds is 16. The summed E-state index contributed by atoms with van der Waals surface area (Å²) in [5.74, 6) is -5.16. The highest BCUT2D eigenvalue weighted by molar-refractivity contribution is 8.02. The van der Waals surface area contributed by atoms with Gasteiger partial charge in [-0.15, -0.1) is 33.6 Å². The van der Waals surface area contributed by atoms with Crippen LogP contribution in [0.4, 0.5) is 9.93 Å². The summed E-state index contributed by atoms with van der Waals surface area (Å²) in [6.45, 7) is 1.94. The van der Waals surface area contributed by atoms with Gasteiger partial charge >= 0.3 is 23.8 Å². The first-order valence-corrected chi connectivity index (χ1v) is 22.7. The molecule has 3 aliphatic heterocycles. The number of alkyl halides is 1. The topological polar surface area (TPSA) is 229 Å². The van der Waals surface area contributed by atoms with Crippen LogP contribution in [-0.4, -0.2) is 121 Å². The van der Waals surface area contributed by atoms with Gasteiger partial charge in [0.2, 0.25) is 29.0 Å². The van der Waals surface area contributed by atoms with Crippen molar-refractivity contribution in [3.05, 3.63) is 119 Å². The minimum absolute atomic E-state index is 0.0943. The van der Waals surface area contributed by atoms with Gasteiger partial charge in [-0.1, -0.05) is 114 Å². The lowest BCUT2D eigenvalue weighted by molar-refractivity contribution is -0.164. The Kier molecular flexibility index (Phi) is 14.1. The Hall–Kier alpha value is -6.29. The van der Waals surface area contributed by atoms with Crippen LogP contribution in [0.3, 0.4) is 0 Å². The van der Waals surface area contributed by atoms with Gasteiger partial charge in [-0.25, -0.2) is 9.59 Å². The SMILES string of the molecule is CCN1CCN(C(=O)NC(C(=O)N[C@]2(NC=O)C(=O)N3C(C(=O)OC(c4ccccc4)c4ccccc4)=C(CSc4nnc(NC(=O)CCl)s4)CS[C@H]32)c2ccccc2)C(=O)C1=O. The number of carbonyl (C=O) groups is 8. The number of imide groups is 1. The Labute approximate surface area is 377 Å². The largest absolute Gasteiger partial charge is 0.448 e. The molecule has 4 N–H and O–H groups in total. The Morgan fingerprint density at radius 1 is 0.921 bits per heavy atom. The molecule has 3 atom stereocenters. The van der Waals surface area contributed by atoms with Gasteiger partial charge in [0.1, 0.15) is 23.0 Å². The molecule has 22 heteroatoms. The van der Waals surface area contributed by atoms with E-state index in [0.29, 0.717) is 25.9 Å². The molecular formula is C41H38ClN9O9S3. The monoisotopic (exact) mass is 931 g/mol. The van der Waals surface area contributed by atoms with Gasteiger partial charge in [0, 0.05) is 31.1 Å². The molecule has 18 nitrogen and oxygen atoms in total. The number of thioether (sulfide) groups is 2. The quantitative estimate of drug-likeness (QED) is 0.0185. The highest BCUT2D eigenvalue weighted by Gasteiger charge is 2.66. The molecule has 0 spiro atoms. The van der Waals surface area contributed by atoms with Crippen LogP contribution >= 0.6 is 46.5 Å². The molecule has 4 aromatic rings. The van der Waals surface area contributed by atoms with Crippen LogP contribution in [0.25, 0.3) is 0 Å². The lowest BCUT2D eigenvalue weighted by atomic mass is 9.94. The molecule has 63 heavy (non-hydrogen) atoms. The van der Waals surface area contributed by atoms with E-state index < -0.39 is 64.7 Å². The number of halogens is 1. The Morgan fingerprint density at radius 2 is 1.56 bits per heavy atom. The van der Waals surface area contributed by atoms with Crippen LogP contribution in [0.2, 0.25) is 0 Å². The maximum absolute atomic E-state index is 14.7. The number of carbonyl (C=O) groups excluding carboxylic acids is 8. The maximum Gasteiger partial charge on any atom is 0.356 e. The second kappa shape index (κ2) is 19.8. The minimum Gasteiger partial charge on any atom is -0.448 e. The fraction of sp³-hybridized carbons (Fsp3) is 0.268. The summed E-state index contributed by atoms with van der Waals surface area (Å²) in [5.41, 5.74) is -0.216. The molecule has 7 rings (SSSR count). The number of nitrogens with one attached hydrogen (secondary N) is 4. The Morgan fingerprint density at radius 3 is 2.16 bits per heavy atom. The first kappa shape index (κ1) is 44.8. The van der Waals surface area contributed by atoms with Crippen LogP contribution in [0.5, 0.6) is 0 Å². The fourth-order valence-electron chi connectivity index (χ4n) is 7.05. The molecule has 3 aliphatic rings. The number of fused-ring (bicyclic) bond motifs is 1. The first-order chi connectivity index (χ1) is 30.5. The number of hydrogen-bond donors (Lipinski definition) is 4. The highest BCUT2D eigenvalue weighted by atomic mass is 35.5. The van der Waals surface area contributed by atoms with Gasteiger partial charge in [-0.3, -0.25) is 43.9 Å². The number of urea groups is 1. The van der Waals surface area contributed by atoms with E-state index in [2.05, 4.69) is 31.5 Å². The number of esters is 1. The summed E-state index contributed by atoms with van der Waals surface area (Å²) < 4.78 is 6.70. The van der Waals surface area contributed by atoms with E-state index in [1.54, 1.807) is 85.8 Å². The van der Waals surface area contributed by atoms with E-state index in [9.17, 15) is 38.4 Å². The number of likely N-dealkylation sites (N-methyl/N-ethyl adjacent to an activating group) is 1. The van der Waals surface area contributed by atoms with Crippen molar-refractivity contribution in [3.63, 3.8) is 0 Å². The van der Waals surface area contributed by atoms with Gasteiger partial charge < -0.3 is 25.6 Å². The fourth-order valence-corrected chi connectivity index (χ4v) is 10.4. The van der Waals surface area contributed by atoms with E-state index in [1.807, 2.05) is 12.1 Å². The van der Waals surface area contributed by atoms with Crippen molar-refractivity contribution < 1.29 is 43.1 Å². The number of nitrogens with zero attached hydrogens (tertiary/aromatic N) is 5. The van der Waals surface area contributed by atoms with E-state index in [-0.39, 0.29) is 59.8 Å². The van der Waals surface area contributed by atoms with Crippen molar-refractivity contribution in [2.75, 3.05) is 42.3 Å². The second-order valence-electron chi connectivity index (χ2n) is 13.9. The van der Waals surface area contributed by atoms with Crippen molar-refractivity contribution in [1.82, 2.24) is 40.8 Å². The predicted octanol–water partition coefficient (Wildman–Crippen LogP) is 3.01.